The Bertz CT molecular complexity index is 619. The lowest BCUT2D eigenvalue weighted by atomic mass is 10.2. The molecule has 1 saturated heterocycles. The zero-order chi connectivity index (χ0) is 15.6. The van der Waals surface area contributed by atoms with E-state index in [9.17, 15) is 17.6 Å². The molecule has 1 aliphatic heterocycles. The number of halogens is 1. The van der Waals surface area contributed by atoms with Crippen molar-refractivity contribution < 1.29 is 17.6 Å². The van der Waals surface area contributed by atoms with Crippen LogP contribution in [0, 0.1) is 5.82 Å². The largest absolute Gasteiger partial charge is 0.325 e. The number of rotatable bonds is 4. The van der Waals surface area contributed by atoms with E-state index in [1.165, 1.54) is 50.1 Å². The van der Waals surface area contributed by atoms with E-state index < -0.39 is 28.0 Å². The molecule has 0 aromatic heterocycles. The maximum Gasteiger partial charge on any atom is 0.282 e. The number of anilines is 1. The van der Waals surface area contributed by atoms with Crippen LogP contribution in [0.2, 0.25) is 0 Å². The maximum atomic E-state index is 12.8. The zero-order valence-electron chi connectivity index (χ0n) is 11.6. The molecule has 0 saturated carbocycles. The number of hydrogen-bond donors (Lipinski definition) is 1. The molecule has 1 aliphatic rings. The Morgan fingerprint density at radius 1 is 1.38 bits per heavy atom. The molecule has 0 unspecified atom stereocenters. The van der Waals surface area contributed by atoms with E-state index in [0.29, 0.717) is 11.4 Å². The summed E-state index contributed by atoms with van der Waals surface area (Å²) in [5, 5.41) is 2.61. The Morgan fingerprint density at radius 3 is 2.57 bits per heavy atom. The van der Waals surface area contributed by atoms with Crippen molar-refractivity contribution >= 4 is 33.6 Å². The van der Waals surface area contributed by atoms with Gasteiger partial charge in [0.05, 0.1) is 5.88 Å². The van der Waals surface area contributed by atoms with E-state index in [4.69, 9.17) is 0 Å². The standard InChI is InChI=1S/C12H16FN3O3S2/c1-15(2)21(18,19)16-8-20-7-11(16)12(17)14-10-5-3-9(13)4-6-10/h3-6,11H,7-8H2,1-2H3,(H,14,17)/t11-/m0/s1. The van der Waals surface area contributed by atoms with Gasteiger partial charge in [-0.25, -0.2) is 4.39 Å². The Kier molecular flexibility index (Phi) is 4.87. The second-order valence-corrected chi connectivity index (χ2v) is 7.78. The van der Waals surface area contributed by atoms with E-state index in [1.807, 2.05) is 0 Å². The van der Waals surface area contributed by atoms with Gasteiger partial charge < -0.3 is 5.32 Å². The van der Waals surface area contributed by atoms with Gasteiger partial charge in [0.25, 0.3) is 10.2 Å². The number of nitrogens with one attached hydrogen (secondary N) is 1. The van der Waals surface area contributed by atoms with E-state index in [2.05, 4.69) is 5.32 Å². The van der Waals surface area contributed by atoms with Crippen molar-refractivity contribution in [3.8, 4) is 0 Å². The third-order valence-electron chi connectivity index (χ3n) is 3.01. The topological polar surface area (TPSA) is 69.7 Å². The highest BCUT2D eigenvalue weighted by atomic mass is 32.2. The monoisotopic (exact) mass is 333 g/mol. The highest BCUT2D eigenvalue weighted by Gasteiger charge is 2.40. The third-order valence-corrected chi connectivity index (χ3v) is 6.09. The van der Waals surface area contributed by atoms with Crippen molar-refractivity contribution in [3.05, 3.63) is 30.1 Å². The Balaban J connectivity index is 2.13. The minimum atomic E-state index is -3.64. The van der Waals surface area contributed by atoms with Crippen LogP contribution in [0.25, 0.3) is 0 Å². The fourth-order valence-corrected chi connectivity index (χ4v) is 4.61. The quantitative estimate of drug-likeness (QED) is 0.890. The molecule has 1 fully saturated rings. The average Bonchev–Trinajstić information content (AvgIpc) is 2.91. The minimum Gasteiger partial charge on any atom is -0.325 e. The van der Waals surface area contributed by atoms with Crippen LogP contribution in [-0.2, 0) is 15.0 Å². The summed E-state index contributed by atoms with van der Waals surface area (Å²) in [6.45, 7) is 0. The number of carbonyl (C=O) groups excluding carboxylic acids is 1. The summed E-state index contributed by atoms with van der Waals surface area (Å²) in [4.78, 5) is 12.2. The van der Waals surface area contributed by atoms with Crippen LogP contribution >= 0.6 is 11.8 Å². The van der Waals surface area contributed by atoms with Gasteiger partial charge >= 0.3 is 0 Å². The molecular formula is C12H16FN3O3S2. The number of thioether (sulfide) groups is 1. The summed E-state index contributed by atoms with van der Waals surface area (Å²) in [6.07, 6.45) is 0. The first kappa shape index (κ1) is 16.2. The maximum absolute atomic E-state index is 12.8. The number of hydrogen-bond acceptors (Lipinski definition) is 4. The molecule has 1 aromatic carbocycles. The summed E-state index contributed by atoms with van der Waals surface area (Å²) in [6, 6.07) is 4.55. The van der Waals surface area contributed by atoms with Crippen molar-refractivity contribution in [1.29, 1.82) is 0 Å². The molecule has 9 heteroatoms. The van der Waals surface area contributed by atoms with Gasteiger partial charge in [-0.3, -0.25) is 4.79 Å². The van der Waals surface area contributed by atoms with Crippen LogP contribution in [-0.4, -0.2) is 54.7 Å². The highest BCUT2D eigenvalue weighted by molar-refractivity contribution is 8.00. The molecular weight excluding hydrogens is 317 g/mol. The second kappa shape index (κ2) is 6.30. The average molecular weight is 333 g/mol. The van der Waals surface area contributed by atoms with E-state index >= 15 is 0 Å². The molecule has 1 atom stereocenters. The normalized spacial score (nSPS) is 19.9. The molecule has 0 aliphatic carbocycles. The first-order chi connectivity index (χ1) is 9.82. The molecule has 1 aromatic rings. The van der Waals surface area contributed by atoms with Crippen molar-refractivity contribution in [2.45, 2.75) is 6.04 Å². The lowest BCUT2D eigenvalue weighted by Crippen LogP contribution is -2.48. The lowest BCUT2D eigenvalue weighted by Gasteiger charge is -2.25. The van der Waals surface area contributed by atoms with Crippen LogP contribution in [0.15, 0.2) is 24.3 Å². The summed E-state index contributed by atoms with van der Waals surface area (Å²) < 4.78 is 39.4. The molecule has 1 amide bonds. The van der Waals surface area contributed by atoms with Gasteiger partial charge in [0, 0.05) is 25.5 Å². The minimum absolute atomic E-state index is 0.238. The Labute approximate surface area is 127 Å². The van der Waals surface area contributed by atoms with Gasteiger partial charge in [0.2, 0.25) is 5.91 Å². The summed E-state index contributed by atoms with van der Waals surface area (Å²) in [5.41, 5.74) is 0.431. The number of carbonyl (C=O) groups is 1. The van der Waals surface area contributed by atoms with Gasteiger partial charge in [0.15, 0.2) is 0 Å². The van der Waals surface area contributed by atoms with Crippen LogP contribution < -0.4 is 5.32 Å². The highest BCUT2D eigenvalue weighted by Crippen LogP contribution is 2.26. The van der Waals surface area contributed by atoms with Crippen molar-refractivity contribution in [2.24, 2.45) is 0 Å². The zero-order valence-corrected chi connectivity index (χ0v) is 13.2. The molecule has 0 bridgehead atoms. The van der Waals surface area contributed by atoms with Gasteiger partial charge in [-0.2, -0.15) is 17.0 Å². The molecule has 116 valence electrons. The molecule has 21 heavy (non-hydrogen) atoms. The number of nitrogens with zero attached hydrogens (tertiary/aromatic N) is 2. The predicted molar refractivity (Wildman–Crippen MR) is 80.6 cm³/mol. The van der Waals surface area contributed by atoms with Gasteiger partial charge in [-0.15, -0.1) is 11.8 Å². The summed E-state index contributed by atoms with van der Waals surface area (Å²) >= 11 is 1.38. The Hall–Kier alpha value is -1.16. The van der Waals surface area contributed by atoms with Gasteiger partial charge in [-0.05, 0) is 24.3 Å². The van der Waals surface area contributed by atoms with Crippen LogP contribution in [0.3, 0.4) is 0 Å². The lowest BCUT2D eigenvalue weighted by molar-refractivity contribution is -0.118. The second-order valence-electron chi connectivity index (χ2n) is 4.69. The van der Waals surface area contributed by atoms with Crippen LogP contribution in [0.4, 0.5) is 10.1 Å². The van der Waals surface area contributed by atoms with Crippen molar-refractivity contribution in [2.75, 3.05) is 31.0 Å². The van der Waals surface area contributed by atoms with E-state index in [0.717, 1.165) is 8.61 Å². The molecule has 0 spiro atoms. The first-order valence-electron chi connectivity index (χ1n) is 6.16. The van der Waals surface area contributed by atoms with Gasteiger partial charge in [0.1, 0.15) is 11.9 Å². The molecule has 1 heterocycles. The first-order valence-corrected chi connectivity index (χ1v) is 8.71. The van der Waals surface area contributed by atoms with E-state index in [-0.39, 0.29) is 5.88 Å². The number of benzene rings is 1. The van der Waals surface area contributed by atoms with E-state index in [1.54, 1.807) is 0 Å². The number of amides is 1. The van der Waals surface area contributed by atoms with Crippen LogP contribution in [0.1, 0.15) is 0 Å². The summed E-state index contributed by atoms with van der Waals surface area (Å²) in [7, 11) is -0.797. The molecule has 1 N–H and O–H groups in total. The van der Waals surface area contributed by atoms with Gasteiger partial charge in [-0.1, -0.05) is 0 Å². The smallest absolute Gasteiger partial charge is 0.282 e. The molecule has 0 radical (unpaired) electrons. The van der Waals surface area contributed by atoms with Crippen molar-refractivity contribution in [1.82, 2.24) is 8.61 Å². The summed E-state index contributed by atoms with van der Waals surface area (Å²) in [5.74, 6) is -0.194. The SMILES string of the molecule is CN(C)S(=O)(=O)N1CSC[C@H]1C(=O)Nc1ccc(F)cc1. The van der Waals surface area contributed by atoms with Crippen LogP contribution in [0.5, 0.6) is 0 Å². The Morgan fingerprint density at radius 2 is 2.00 bits per heavy atom. The predicted octanol–water partition coefficient (Wildman–Crippen LogP) is 0.945. The fourth-order valence-electron chi connectivity index (χ4n) is 1.83. The third kappa shape index (κ3) is 3.54. The van der Waals surface area contributed by atoms with Crippen molar-refractivity contribution in [3.63, 3.8) is 0 Å². The molecule has 6 nitrogen and oxygen atoms in total. The molecule has 2 rings (SSSR count). The fraction of sp³-hybridized carbons (Fsp3) is 0.417.